The Morgan fingerprint density at radius 3 is 1.76 bits per heavy atom. The quantitative estimate of drug-likeness (QED) is 0.265. The molecule has 212 valence electrons. The second-order valence-electron chi connectivity index (χ2n) is 12.7. The number of carbonyl (C=O) groups is 1. The van der Waals surface area contributed by atoms with Crippen LogP contribution in [-0.2, 0) is 4.79 Å². The number of carbonyl (C=O) groups excluding carboxylic acids is 1. The maximum absolute atomic E-state index is 14.3. The predicted octanol–water partition coefficient (Wildman–Crippen LogP) is 8.94. The van der Waals surface area contributed by atoms with Crippen molar-refractivity contribution in [2.75, 3.05) is 0 Å². The van der Waals surface area contributed by atoms with Gasteiger partial charge in [0.25, 0.3) is 0 Å². The van der Waals surface area contributed by atoms with Gasteiger partial charge in [-0.25, -0.2) is 0 Å². The van der Waals surface area contributed by atoms with Crippen LogP contribution in [0.15, 0.2) is 89.9 Å². The van der Waals surface area contributed by atoms with E-state index < -0.39 is 0 Å². The Labute approximate surface area is 247 Å². The van der Waals surface area contributed by atoms with Gasteiger partial charge in [-0.05, 0) is 66.3 Å². The first-order valence-corrected chi connectivity index (χ1v) is 17.7. The largest absolute Gasteiger partial charge is 0.286 e. The number of hydrogen-bond acceptors (Lipinski definition) is 2. The van der Waals surface area contributed by atoms with Gasteiger partial charge in [-0.3, -0.25) is 14.7 Å². The molecule has 3 aromatic rings. The van der Waals surface area contributed by atoms with E-state index in [0.717, 1.165) is 30.0 Å². The summed E-state index contributed by atoms with van der Waals surface area (Å²) in [5.74, 6) is 1.33. The lowest BCUT2D eigenvalue weighted by molar-refractivity contribution is -0.130. The van der Waals surface area contributed by atoms with Crippen molar-refractivity contribution in [3.05, 3.63) is 102 Å². The lowest BCUT2D eigenvalue weighted by atomic mass is 9.93. The standard InChI is InChI=1S/C37H43N2OP/c40-37(29-25-26-29)39-35(28-17-7-2-8-18-28)34(27-15-5-1-6-16-27)38-36(39)32-23-13-14-24-33(32)41(30-19-9-3-10-20-30)31-21-11-4-12-22-31/h1-2,5-8,13-18,23-24,29-31,34-35H,3-4,9-12,19-22,25-26H2/t34-,35-/m1/s1. The first-order chi connectivity index (χ1) is 20.3. The number of benzene rings is 3. The van der Waals surface area contributed by atoms with E-state index in [2.05, 4.69) is 89.8 Å². The first kappa shape index (κ1) is 27.1. The molecule has 4 aliphatic rings. The Morgan fingerprint density at radius 1 is 0.634 bits per heavy atom. The van der Waals surface area contributed by atoms with Crippen LogP contribution < -0.4 is 5.30 Å². The molecule has 3 saturated carbocycles. The Kier molecular flexibility index (Phi) is 8.08. The summed E-state index contributed by atoms with van der Waals surface area (Å²) in [7, 11) is -0.323. The predicted molar refractivity (Wildman–Crippen MR) is 171 cm³/mol. The summed E-state index contributed by atoms with van der Waals surface area (Å²) < 4.78 is 0. The summed E-state index contributed by atoms with van der Waals surface area (Å²) >= 11 is 0. The van der Waals surface area contributed by atoms with Gasteiger partial charge in [-0.2, -0.15) is 0 Å². The fraction of sp³-hybridized carbons (Fsp3) is 0.459. The number of rotatable bonds is 7. The lowest BCUT2D eigenvalue weighted by Crippen LogP contribution is -2.41. The van der Waals surface area contributed by atoms with Crippen molar-refractivity contribution in [2.24, 2.45) is 10.9 Å². The maximum atomic E-state index is 14.3. The summed E-state index contributed by atoms with van der Waals surface area (Å²) in [5, 5.41) is 1.52. The fourth-order valence-corrected chi connectivity index (χ4v) is 11.6. The lowest BCUT2D eigenvalue weighted by Gasteiger charge is -2.40. The zero-order valence-electron chi connectivity index (χ0n) is 24.2. The molecule has 3 aliphatic carbocycles. The van der Waals surface area contributed by atoms with Crippen molar-refractivity contribution in [2.45, 2.75) is 100 Å². The zero-order chi connectivity index (χ0) is 27.6. The van der Waals surface area contributed by atoms with Gasteiger partial charge in [-0.15, -0.1) is 0 Å². The normalized spacial score (nSPS) is 24.0. The van der Waals surface area contributed by atoms with Crippen molar-refractivity contribution in [3.8, 4) is 0 Å². The summed E-state index contributed by atoms with van der Waals surface area (Å²) in [6.07, 6.45) is 15.7. The minimum atomic E-state index is -0.323. The molecule has 0 spiro atoms. The molecule has 1 amide bonds. The summed E-state index contributed by atoms with van der Waals surface area (Å²) in [5.41, 5.74) is 5.20. The van der Waals surface area contributed by atoms with Gasteiger partial charge in [0.1, 0.15) is 11.9 Å². The second-order valence-corrected chi connectivity index (χ2v) is 15.4. The van der Waals surface area contributed by atoms with E-state index in [4.69, 9.17) is 4.99 Å². The van der Waals surface area contributed by atoms with Crippen LogP contribution in [0.3, 0.4) is 0 Å². The van der Waals surface area contributed by atoms with Crippen molar-refractivity contribution in [1.82, 2.24) is 4.90 Å². The Balaban J connectivity index is 1.38. The molecule has 2 atom stereocenters. The molecule has 0 N–H and O–H groups in total. The molecule has 7 rings (SSSR count). The first-order valence-electron chi connectivity index (χ1n) is 16.2. The van der Waals surface area contributed by atoms with E-state index in [1.54, 1.807) is 0 Å². The maximum Gasteiger partial charge on any atom is 0.231 e. The highest BCUT2D eigenvalue weighted by molar-refractivity contribution is 7.67. The molecule has 1 heterocycles. The van der Waals surface area contributed by atoms with Crippen LogP contribution in [0.1, 0.15) is 106 Å². The average Bonchev–Trinajstić information content (AvgIpc) is 3.83. The van der Waals surface area contributed by atoms with Crippen LogP contribution >= 0.6 is 7.92 Å². The van der Waals surface area contributed by atoms with E-state index in [9.17, 15) is 4.79 Å². The van der Waals surface area contributed by atoms with Gasteiger partial charge in [0.2, 0.25) is 5.91 Å². The van der Waals surface area contributed by atoms with Gasteiger partial charge in [0, 0.05) is 11.5 Å². The SMILES string of the molecule is O=C(C1CC1)N1C(c2ccccc2P(C2CCCCC2)C2CCCCC2)=N[C@H](c2ccccc2)[C@H]1c1ccccc1. The third-order valence-corrected chi connectivity index (χ3v) is 13.4. The van der Waals surface area contributed by atoms with Gasteiger partial charge >= 0.3 is 0 Å². The Morgan fingerprint density at radius 2 is 1.17 bits per heavy atom. The number of aliphatic imine (C=N–C) groups is 1. The van der Waals surface area contributed by atoms with Crippen molar-refractivity contribution in [3.63, 3.8) is 0 Å². The highest BCUT2D eigenvalue weighted by atomic mass is 31.1. The summed E-state index contributed by atoms with van der Waals surface area (Å²) in [4.78, 5) is 22.0. The number of amides is 1. The minimum absolute atomic E-state index is 0.111. The molecule has 3 fully saturated rings. The van der Waals surface area contributed by atoms with Crippen molar-refractivity contribution < 1.29 is 4.79 Å². The second kappa shape index (κ2) is 12.2. The van der Waals surface area contributed by atoms with E-state index in [0.29, 0.717) is 0 Å². The highest BCUT2D eigenvalue weighted by Gasteiger charge is 2.47. The molecule has 41 heavy (non-hydrogen) atoms. The minimum Gasteiger partial charge on any atom is -0.286 e. The van der Waals surface area contributed by atoms with E-state index >= 15 is 0 Å². The Hall–Kier alpha value is -2.77. The molecule has 0 radical (unpaired) electrons. The molecule has 0 aromatic heterocycles. The third-order valence-electron chi connectivity index (χ3n) is 9.87. The van der Waals surface area contributed by atoms with E-state index in [1.165, 1.54) is 86.2 Å². The van der Waals surface area contributed by atoms with Crippen molar-refractivity contribution >= 4 is 25.0 Å². The van der Waals surface area contributed by atoms with Gasteiger partial charge in [0.05, 0.1) is 6.04 Å². The summed E-state index contributed by atoms with van der Waals surface area (Å²) in [6.45, 7) is 0. The van der Waals surface area contributed by atoms with E-state index in [1.807, 2.05) is 0 Å². The van der Waals surface area contributed by atoms with Crippen LogP contribution in [0.4, 0.5) is 0 Å². The Bertz CT molecular complexity index is 1340. The monoisotopic (exact) mass is 562 g/mol. The molecule has 0 unspecified atom stereocenters. The number of amidine groups is 1. The van der Waals surface area contributed by atoms with Crippen LogP contribution in [-0.4, -0.2) is 28.0 Å². The third kappa shape index (κ3) is 5.55. The van der Waals surface area contributed by atoms with Crippen LogP contribution in [0, 0.1) is 5.92 Å². The average molecular weight is 563 g/mol. The molecule has 3 nitrogen and oxygen atoms in total. The summed E-state index contributed by atoms with van der Waals surface area (Å²) in [6, 6.07) is 30.3. The van der Waals surface area contributed by atoms with E-state index in [-0.39, 0.29) is 31.8 Å². The van der Waals surface area contributed by atoms with Crippen LogP contribution in [0.25, 0.3) is 0 Å². The molecule has 4 heteroatoms. The smallest absolute Gasteiger partial charge is 0.231 e. The molecule has 0 bridgehead atoms. The van der Waals surface area contributed by atoms with Crippen LogP contribution in [0.2, 0.25) is 0 Å². The van der Waals surface area contributed by atoms with Crippen molar-refractivity contribution in [1.29, 1.82) is 0 Å². The fourth-order valence-electron chi connectivity index (χ4n) is 7.69. The molecular formula is C37H43N2OP. The highest BCUT2D eigenvalue weighted by Crippen LogP contribution is 2.56. The number of hydrogen-bond donors (Lipinski definition) is 0. The topological polar surface area (TPSA) is 32.7 Å². The zero-order valence-corrected chi connectivity index (χ0v) is 25.1. The molecule has 3 aromatic carbocycles. The number of nitrogens with zero attached hydrogens (tertiary/aromatic N) is 2. The van der Waals surface area contributed by atoms with Gasteiger partial charge < -0.3 is 0 Å². The van der Waals surface area contributed by atoms with Gasteiger partial charge in [0.15, 0.2) is 0 Å². The molecule has 0 saturated heterocycles. The van der Waals surface area contributed by atoms with Crippen LogP contribution in [0.5, 0.6) is 0 Å². The molecule has 1 aliphatic heterocycles. The molecular weight excluding hydrogens is 519 g/mol. The van der Waals surface area contributed by atoms with Gasteiger partial charge in [-0.1, -0.05) is 131 Å².